The zero-order valence-corrected chi connectivity index (χ0v) is 13.1. The molecule has 21 heavy (non-hydrogen) atoms. The normalized spacial score (nSPS) is 18.8. The minimum atomic E-state index is 0.0549. The summed E-state index contributed by atoms with van der Waals surface area (Å²) in [5.74, 6) is 0.0549. The molecule has 0 aliphatic carbocycles. The van der Waals surface area contributed by atoms with Gasteiger partial charge < -0.3 is 10.2 Å². The molecule has 1 fully saturated rings. The number of carbonyl (C=O) groups is 1. The second-order valence-corrected chi connectivity index (χ2v) is 6.71. The first-order chi connectivity index (χ1) is 10.1. The Labute approximate surface area is 128 Å². The average Bonchev–Trinajstić information content (AvgIpc) is 2.86. The summed E-state index contributed by atoms with van der Waals surface area (Å²) in [4.78, 5) is 20.0. The van der Waals surface area contributed by atoms with E-state index in [1.807, 2.05) is 36.9 Å². The molecule has 1 aliphatic rings. The second-order valence-electron chi connectivity index (χ2n) is 5.31. The third-order valence-corrected chi connectivity index (χ3v) is 4.66. The molecule has 110 valence electrons. The molecular formula is C16H19N3OS. The van der Waals surface area contributed by atoms with Gasteiger partial charge in [0, 0.05) is 30.6 Å². The van der Waals surface area contributed by atoms with Crippen molar-refractivity contribution in [1.82, 2.24) is 15.2 Å². The molecule has 3 rings (SSSR count). The summed E-state index contributed by atoms with van der Waals surface area (Å²) >= 11 is 1.58. The molecule has 1 aromatic carbocycles. The Balaban J connectivity index is 1.77. The number of hydrogen-bond donors (Lipinski definition) is 1. The minimum Gasteiger partial charge on any atom is -0.334 e. The molecule has 0 radical (unpaired) electrons. The van der Waals surface area contributed by atoms with Crippen LogP contribution in [0.15, 0.2) is 30.3 Å². The summed E-state index contributed by atoms with van der Waals surface area (Å²) in [7, 11) is 0. The van der Waals surface area contributed by atoms with E-state index in [4.69, 9.17) is 0 Å². The molecule has 1 saturated heterocycles. The van der Waals surface area contributed by atoms with Crippen LogP contribution >= 0.6 is 11.3 Å². The summed E-state index contributed by atoms with van der Waals surface area (Å²) < 4.78 is 0. The van der Waals surface area contributed by atoms with Crippen molar-refractivity contribution in [2.75, 3.05) is 19.6 Å². The Morgan fingerprint density at radius 3 is 2.76 bits per heavy atom. The topological polar surface area (TPSA) is 45.2 Å². The van der Waals surface area contributed by atoms with Crippen LogP contribution in [-0.4, -0.2) is 35.4 Å². The Kier molecular flexibility index (Phi) is 4.03. The fourth-order valence-electron chi connectivity index (χ4n) is 2.72. The molecule has 0 saturated carbocycles. The number of piperazine rings is 1. The fraction of sp³-hybridized carbons (Fsp3) is 0.375. The third kappa shape index (κ3) is 2.99. The van der Waals surface area contributed by atoms with E-state index < -0.39 is 0 Å². The van der Waals surface area contributed by atoms with Gasteiger partial charge in [0.1, 0.15) is 5.69 Å². The fourth-order valence-corrected chi connectivity index (χ4v) is 3.53. The van der Waals surface area contributed by atoms with Crippen LogP contribution in [0.5, 0.6) is 0 Å². The van der Waals surface area contributed by atoms with Gasteiger partial charge in [-0.2, -0.15) is 0 Å². The average molecular weight is 301 g/mol. The number of benzene rings is 1. The largest absolute Gasteiger partial charge is 0.334 e. The van der Waals surface area contributed by atoms with Gasteiger partial charge in [-0.3, -0.25) is 4.79 Å². The Morgan fingerprint density at radius 1 is 1.33 bits per heavy atom. The van der Waals surface area contributed by atoms with Gasteiger partial charge >= 0.3 is 0 Å². The summed E-state index contributed by atoms with van der Waals surface area (Å²) in [6.07, 6.45) is 0. The molecule has 4 nitrogen and oxygen atoms in total. The van der Waals surface area contributed by atoms with Crippen molar-refractivity contribution in [3.05, 3.63) is 51.5 Å². The number of amides is 1. The van der Waals surface area contributed by atoms with Crippen molar-refractivity contribution in [2.24, 2.45) is 0 Å². The number of aromatic nitrogens is 1. The van der Waals surface area contributed by atoms with Crippen molar-refractivity contribution in [2.45, 2.75) is 19.9 Å². The number of hydrogen-bond acceptors (Lipinski definition) is 4. The van der Waals surface area contributed by atoms with Crippen LogP contribution in [0.1, 0.15) is 32.0 Å². The quantitative estimate of drug-likeness (QED) is 0.927. The van der Waals surface area contributed by atoms with Gasteiger partial charge in [0.2, 0.25) is 0 Å². The van der Waals surface area contributed by atoms with Crippen molar-refractivity contribution in [1.29, 1.82) is 0 Å². The second kappa shape index (κ2) is 5.95. The van der Waals surface area contributed by atoms with Crippen molar-refractivity contribution >= 4 is 17.2 Å². The molecule has 0 bridgehead atoms. The van der Waals surface area contributed by atoms with Crippen LogP contribution in [0.3, 0.4) is 0 Å². The first-order valence-electron chi connectivity index (χ1n) is 7.17. The number of rotatable bonds is 2. The third-order valence-electron chi connectivity index (χ3n) is 3.77. The highest BCUT2D eigenvalue weighted by atomic mass is 32.1. The van der Waals surface area contributed by atoms with E-state index in [1.165, 1.54) is 5.56 Å². The van der Waals surface area contributed by atoms with Crippen molar-refractivity contribution in [3.8, 4) is 0 Å². The summed E-state index contributed by atoms with van der Waals surface area (Å²) in [6.45, 7) is 6.15. The van der Waals surface area contributed by atoms with Crippen LogP contribution in [0.2, 0.25) is 0 Å². The van der Waals surface area contributed by atoms with Crippen LogP contribution in [0.25, 0.3) is 0 Å². The number of aryl methyl sites for hydroxylation is 2. The number of carbonyl (C=O) groups excluding carboxylic acids is 1. The maximum absolute atomic E-state index is 12.7. The van der Waals surface area contributed by atoms with Crippen molar-refractivity contribution < 1.29 is 4.79 Å². The first kappa shape index (κ1) is 14.2. The van der Waals surface area contributed by atoms with Gasteiger partial charge in [0.15, 0.2) is 0 Å². The molecule has 1 aliphatic heterocycles. The predicted molar refractivity (Wildman–Crippen MR) is 84.7 cm³/mol. The van der Waals surface area contributed by atoms with Crippen molar-refractivity contribution in [3.63, 3.8) is 0 Å². The van der Waals surface area contributed by atoms with E-state index in [0.29, 0.717) is 12.2 Å². The zero-order chi connectivity index (χ0) is 14.8. The molecule has 1 amide bonds. The number of nitrogens with one attached hydrogen (secondary N) is 1. The molecule has 1 N–H and O–H groups in total. The zero-order valence-electron chi connectivity index (χ0n) is 12.3. The molecule has 0 unspecified atom stereocenters. The maximum Gasteiger partial charge on any atom is 0.273 e. The summed E-state index contributed by atoms with van der Waals surface area (Å²) in [5, 5.41) is 4.43. The standard InChI is InChI=1S/C16H19N3OS/c1-11-15(18-12(2)21-11)16(20)19-9-8-17-14(10-19)13-6-4-3-5-7-13/h3-7,14,17H,8-10H2,1-2H3/t14-/m0/s1. The van der Waals surface area contributed by atoms with Crippen LogP contribution in [0.4, 0.5) is 0 Å². The molecular weight excluding hydrogens is 282 g/mol. The van der Waals surface area contributed by atoms with Crippen LogP contribution in [0, 0.1) is 13.8 Å². The monoisotopic (exact) mass is 301 g/mol. The van der Waals surface area contributed by atoms with Gasteiger partial charge in [-0.05, 0) is 19.4 Å². The van der Waals surface area contributed by atoms with E-state index in [0.717, 1.165) is 23.0 Å². The smallest absolute Gasteiger partial charge is 0.273 e. The van der Waals surface area contributed by atoms with E-state index in [2.05, 4.69) is 22.4 Å². The lowest BCUT2D eigenvalue weighted by Crippen LogP contribution is -2.48. The maximum atomic E-state index is 12.7. The molecule has 5 heteroatoms. The number of nitrogens with zero attached hydrogens (tertiary/aromatic N) is 2. The SMILES string of the molecule is Cc1nc(C(=O)N2CCN[C@H](c3ccccc3)C2)c(C)s1. The van der Waals surface area contributed by atoms with Gasteiger partial charge in [0.05, 0.1) is 5.01 Å². The summed E-state index contributed by atoms with van der Waals surface area (Å²) in [6, 6.07) is 10.5. The highest BCUT2D eigenvalue weighted by Gasteiger charge is 2.27. The van der Waals surface area contributed by atoms with E-state index in [9.17, 15) is 4.79 Å². The molecule has 1 atom stereocenters. The van der Waals surface area contributed by atoms with Gasteiger partial charge in [-0.1, -0.05) is 30.3 Å². The van der Waals surface area contributed by atoms with E-state index in [1.54, 1.807) is 11.3 Å². The Hall–Kier alpha value is -1.72. The van der Waals surface area contributed by atoms with Gasteiger partial charge in [-0.25, -0.2) is 4.98 Å². The minimum absolute atomic E-state index is 0.0549. The Morgan fingerprint density at radius 2 is 2.10 bits per heavy atom. The molecule has 1 aromatic heterocycles. The van der Waals surface area contributed by atoms with Gasteiger partial charge in [0.25, 0.3) is 5.91 Å². The summed E-state index contributed by atoms with van der Waals surface area (Å²) in [5.41, 5.74) is 1.84. The number of thiazole rings is 1. The Bertz CT molecular complexity index is 638. The molecule has 2 aromatic rings. The molecule has 0 spiro atoms. The van der Waals surface area contributed by atoms with Gasteiger partial charge in [-0.15, -0.1) is 11.3 Å². The highest BCUT2D eigenvalue weighted by molar-refractivity contribution is 7.11. The van der Waals surface area contributed by atoms with Crippen LogP contribution < -0.4 is 5.32 Å². The lowest BCUT2D eigenvalue weighted by atomic mass is 10.0. The highest BCUT2D eigenvalue weighted by Crippen LogP contribution is 2.22. The van der Waals surface area contributed by atoms with E-state index >= 15 is 0 Å². The molecule has 2 heterocycles. The predicted octanol–water partition coefficient (Wildman–Crippen LogP) is 2.55. The lowest BCUT2D eigenvalue weighted by molar-refractivity contribution is 0.0697. The first-order valence-corrected chi connectivity index (χ1v) is 7.98. The van der Waals surface area contributed by atoms with E-state index in [-0.39, 0.29) is 11.9 Å². The van der Waals surface area contributed by atoms with Crippen LogP contribution in [-0.2, 0) is 0 Å². The lowest BCUT2D eigenvalue weighted by Gasteiger charge is -2.33.